The maximum absolute atomic E-state index is 12.9. The summed E-state index contributed by atoms with van der Waals surface area (Å²) in [5.74, 6) is 0.827. The second kappa shape index (κ2) is 11.2. The Labute approximate surface area is 181 Å². The molecule has 2 aromatic rings. The van der Waals surface area contributed by atoms with Crippen LogP contribution in [-0.4, -0.2) is 49.1 Å². The van der Waals surface area contributed by atoms with Crippen molar-refractivity contribution in [1.29, 1.82) is 0 Å². The molecule has 0 spiro atoms. The van der Waals surface area contributed by atoms with Gasteiger partial charge in [-0.15, -0.1) is 11.6 Å². The van der Waals surface area contributed by atoms with Gasteiger partial charge >= 0.3 is 5.97 Å². The zero-order chi connectivity index (χ0) is 22.1. The molecule has 2 rings (SSSR count). The molecule has 0 bridgehead atoms. The molecule has 0 heterocycles. The fourth-order valence-corrected chi connectivity index (χ4v) is 2.96. The van der Waals surface area contributed by atoms with Crippen molar-refractivity contribution < 1.29 is 28.5 Å². The van der Waals surface area contributed by atoms with E-state index < -0.39 is 24.9 Å². The lowest BCUT2D eigenvalue weighted by molar-refractivity contribution is -0.148. The molecule has 7 heteroatoms. The molecule has 0 saturated carbocycles. The van der Waals surface area contributed by atoms with E-state index in [1.165, 1.54) is 6.92 Å². The number of aliphatic hydroxyl groups excluding tert-OH is 1. The van der Waals surface area contributed by atoms with E-state index in [0.717, 1.165) is 11.1 Å². The van der Waals surface area contributed by atoms with E-state index in [9.17, 15) is 14.3 Å². The first-order chi connectivity index (χ1) is 14.3. The Morgan fingerprint density at radius 1 is 1.00 bits per heavy atom. The zero-order valence-electron chi connectivity index (χ0n) is 17.4. The van der Waals surface area contributed by atoms with Gasteiger partial charge in [0.1, 0.15) is 37.5 Å². The van der Waals surface area contributed by atoms with Crippen molar-refractivity contribution in [3.63, 3.8) is 0 Å². The van der Waals surface area contributed by atoms with Crippen LogP contribution in [0.1, 0.15) is 31.9 Å². The molecular weight excluding hydrogens is 411 g/mol. The van der Waals surface area contributed by atoms with Crippen LogP contribution in [0.25, 0.3) is 0 Å². The van der Waals surface area contributed by atoms with E-state index in [1.54, 1.807) is 0 Å². The van der Waals surface area contributed by atoms with Crippen LogP contribution in [0.15, 0.2) is 48.5 Å². The summed E-state index contributed by atoms with van der Waals surface area (Å²) in [5.41, 5.74) is 1.89. The van der Waals surface area contributed by atoms with E-state index in [0.29, 0.717) is 11.5 Å². The van der Waals surface area contributed by atoms with Crippen molar-refractivity contribution in [1.82, 2.24) is 0 Å². The number of alkyl halides is 2. The van der Waals surface area contributed by atoms with Gasteiger partial charge in [0.25, 0.3) is 0 Å². The average Bonchev–Trinajstić information content (AvgIpc) is 2.75. The number of halogens is 2. The Morgan fingerprint density at radius 2 is 1.47 bits per heavy atom. The fourth-order valence-electron chi connectivity index (χ4n) is 2.87. The Morgan fingerprint density at radius 3 is 1.87 bits per heavy atom. The van der Waals surface area contributed by atoms with Crippen LogP contribution in [0.2, 0.25) is 0 Å². The minimum atomic E-state index is -0.912. The van der Waals surface area contributed by atoms with Gasteiger partial charge in [0, 0.05) is 12.3 Å². The molecule has 30 heavy (non-hydrogen) atoms. The number of hydrogen-bond acceptors (Lipinski definition) is 5. The number of carbonyl (C=O) groups excluding carboxylic acids is 1. The van der Waals surface area contributed by atoms with Crippen LogP contribution >= 0.6 is 11.6 Å². The second-order valence-electron chi connectivity index (χ2n) is 7.49. The molecule has 2 atom stereocenters. The van der Waals surface area contributed by atoms with Crippen LogP contribution in [0.5, 0.6) is 11.5 Å². The Hall–Kier alpha value is -2.31. The minimum absolute atomic E-state index is 0.0430. The highest BCUT2D eigenvalue weighted by Crippen LogP contribution is 2.33. The molecule has 0 aliphatic rings. The fraction of sp³-hybridized carbons (Fsp3) is 0.435. The highest BCUT2D eigenvalue weighted by molar-refractivity contribution is 6.18. The molecule has 0 aromatic heterocycles. The molecular formula is C23H28ClFO5. The highest BCUT2D eigenvalue weighted by atomic mass is 35.5. The first kappa shape index (κ1) is 24.0. The molecule has 0 aliphatic heterocycles. The zero-order valence-corrected chi connectivity index (χ0v) is 18.2. The summed E-state index contributed by atoms with van der Waals surface area (Å²) in [4.78, 5) is 10.9. The number of hydrogen-bond donors (Lipinski definition) is 1. The largest absolute Gasteiger partial charge is 0.491 e. The summed E-state index contributed by atoms with van der Waals surface area (Å²) in [6.07, 6.45) is -1.61. The van der Waals surface area contributed by atoms with Crippen LogP contribution in [0.3, 0.4) is 0 Å². The second-order valence-corrected chi connectivity index (χ2v) is 7.80. The van der Waals surface area contributed by atoms with Crippen LogP contribution < -0.4 is 9.47 Å². The number of aliphatic hydroxyl groups is 1. The third-order valence-electron chi connectivity index (χ3n) is 4.71. The van der Waals surface area contributed by atoms with E-state index in [1.807, 2.05) is 48.5 Å². The number of carbonyl (C=O) groups is 1. The van der Waals surface area contributed by atoms with Crippen LogP contribution in [0, 0.1) is 0 Å². The Bertz CT molecular complexity index is 792. The van der Waals surface area contributed by atoms with Gasteiger partial charge in [-0.2, -0.15) is 0 Å². The summed E-state index contributed by atoms with van der Waals surface area (Å²) in [6.45, 7) is 4.76. The van der Waals surface area contributed by atoms with Crippen LogP contribution in [-0.2, 0) is 14.9 Å². The lowest BCUT2D eigenvalue weighted by Gasteiger charge is -2.26. The molecule has 2 aromatic carbocycles. The van der Waals surface area contributed by atoms with Crippen LogP contribution in [0.4, 0.5) is 4.39 Å². The van der Waals surface area contributed by atoms with Crippen molar-refractivity contribution in [2.75, 3.05) is 25.8 Å². The van der Waals surface area contributed by atoms with E-state index >= 15 is 0 Å². The summed E-state index contributed by atoms with van der Waals surface area (Å²) in [6, 6.07) is 15.2. The maximum atomic E-state index is 12.9. The van der Waals surface area contributed by atoms with Gasteiger partial charge in [-0.3, -0.25) is 4.79 Å². The van der Waals surface area contributed by atoms with Gasteiger partial charge in [-0.05, 0) is 35.4 Å². The normalized spacial score (nSPS) is 13.4. The number of esters is 1. The van der Waals surface area contributed by atoms with Gasteiger partial charge in [0.15, 0.2) is 6.10 Å². The lowest BCUT2D eigenvalue weighted by atomic mass is 9.78. The molecule has 5 nitrogen and oxygen atoms in total. The standard InChI is InChI=1S/C23H28ClFO5/c1-16(26)30-22(13-25)15-29-21-10-6-18(7-11-21)23(2,3)17-4-8-20(9-5-17)28-14-19(27)12-24/h4-11,19,22,27H,12-15H2,1-3H3. The topological polar surface area (TPSA) is 65.0 Å². The first-order valence-corrected chi connectivity index (χ1v) is 10.2. The monoisotopic (exact) mass is 438 g/mol. The molecule has 0 aliphatic carbocycles. The van der Waals surface area contributed by atoms with Gasteiger partial charge < -0.3 is 19.3 Å². The molecule has 2 unspecified atom stereocenters. The molecule has 164 valence electrons. The highest BCUT2D eigenvalue weighted by Gasteiger charge is 2.23. The predicted octanol–water partition coefficient (Wildman–Crippen LogP) is 4.27. The first-order valence-electron chi connectivity index (χ1n) is 9.70. The molecule has 0 saturated heterocycles. The maximum Gasteiger partial charge on any atom is 0.303 e. The van der Waals surface area contributed by atoms with Gasteiger partial charge in [-0.1, -0.05) is 38.1 Å². The van der Waals surface area contributed by atoms with E-state index in [-0.39, 0.29) is 24.5 Å². The number of ether oxygens (including phenoxy) is 3. The van der Waals surface area contributed by atoms with Crippen molar-refractivity contribution >= 4 is 17.6 Å². The predicted molar refractivity (Wildman–Crippen MR) is 114 cm³/mol. The minimum Gasteiger partial charge on any atom is -0.491 e. The third kappa shape index (κ3) is 6.89. The van der Waals surface area contributed by atoms with Gasteiger partial charge in [0.2, 0.25) is 0 Å². The van der Waals surface area contributed by atoms with Crippen molar-refractivity contribution in [3.05, 3.63) is 59.7 Å². The molecule has 0 fully saturated rings. The number of rotatable bonds is 11. The van der Waals surface area contributed by atoms with E-state index in [2.05, 4.69) is 13.8 Å². The summed E-state index contributed by atoms with van der Waals surface area (Å²) < 4.78 is 28.8. The number of benzene rings is 2. The molecule has 1 N–H and O–H groups in total. The Kier molecular flexibility index (Phi) is 8.93. The van der Waals surface area contributed by atoms with Crippen molar-refractivity contribution in [3.8, 4) is 11.5 Å². The van der Waals surface area contributed by atoms with Crippen molar-refractivity contribution in [2.45, 2.75) is 38.4 Å². The van der Waals surface area contributed by atoms with Gasteiger partial charge in [0.05, 0.1) is 5.88 Å². The molecule has 0 radical (unpaired) electrons. The molecule has 0 amide bonds. The van der Waals surface area contributed by atoms with E-state index in [4.69, 9.17) is 25.8 Å². The Balaban J connectivity index is 2.01. The summed E-state index contributed by atoms with van der Waals surface area (Å²) >= 11 is 5.57. The lowest BCUT2D eigenvalue weighted by Crippen LogP contribution is -2.26. The van der Waals surface area contributed by atoms with Crippen molar-refractivity contribution in [2.24, 2.45) is 0 Å². The smallest absolute Gasteiger partial charge is 0.303 e. The third-order valence-corrected chi connectivity index (χ3v) is 5.07. The van der Waals surface area contributed by atoms with Gasteiger partial charge in [-0.25, -0.2) is 4.39 Å². The average molecular weight is 439 g/mol. The quantitative estimate of drug-likeness (QED) is 0.419. The SMILES string of the molecule is CC(=O)OC(CF)COc1ccc(C(C)(C)c2ccc(OCC(O)CCl)cc2)cc1. The summed E-state index contributed by atoms with van der Waals surface area (Å²) in [5, 5.41) is 9.49. The summed E-state index contributed by atoms with van der Waals surface area (Å²) in [7, 11) is 0.